The molecule has 1 aliphatic carbocycles. The Labute approximate surface area is 77.9 Å². The molecule has 0 nitrogen and oxygen atoms in total. The topological polar surface area (TPSA) is 0 Å². The molecule has 62 valence electrons. The van der Waals surface area contributed by atoms with Crippen molar-refractivity contribution in [2.24, 2.45) is 0 Å². The highest BCUT2D eigenvalue weighted by atomic mass is 35.5. The summed E-state index contributed by atoms with van der Waals surface area (Å²) in [4.78, 5) is 0. The van der Waals surface area contributed by atoms with E-state index < -0.39 is 0 Å². The van der Waals surface area contributed by atoms with Gasteiger partial charge in [0, 0.05) is 11.8 Å². The summed E-state index contributed by atoms with van der Waals surface area (Å²) in [5.41, 5.74) is 2.78. The van der Waals surface area contributed by atoms with E-state index in [1.807, 2.05) is 0 Å². The van der Waals surface area contributed by atoms with Gasteiger partial charge < -0.3 is 0 Å². The smallest absolute Gasteiger partial charge is 0.0232 e. The zero-order valence-electron chi connectivity index (χ0n) is 6.83. The number of benzene rings is 1. The Morgan fingerprint density at radius 2 is 2.08 bits per heavy atom. The fourth-order valence-electron chi connectivity index (χ4n) is 1.69. The third-order valence-electron chi connectivity index (χ3n) is 2.32. The second-order valence-corrected chi connectivity index (χ2v) is 3.45. The summed E-state index contributed by atoms with van der Waals surface area (Å²) in [6.07, 6.45) is 5.48. The minimum Gasteiger partial charge on any atom is -0.127 e. The quantitative estimate of drug-likeness (QED) is 0.609. The lowest BCUT2D eigenvalue weighted by molar-refractivity contribution is 0.824. The van der Waals surface area contributed by atoms with Crippen LogP contribution in [-0.4, -0.2) is 5.88 Å². The van der Waals surface area contributed by atoms with Gasteiger partial charge in [-0.25, -0.2) is 0 Å². The van der Waals surface area contributed by atoms with Gasteiger partial charge in [0.15, 0.2) is 0 Å². The fourth-order valence-corrected chi connectivity index (χ4v) is 1.93. The molecule has 0 bridgehead atoms. The summed E-state index contributed by atoms with van der Waals surface area (Å²) in [6.45, 7) is 0. The molecule has 0 saturated heterocycles. The number of hydrogen-bond donors (Lipinski definition) is 0. The number of halogens is 1. The van der Waals surface area contributed by atoms with Gasteiger partial charge in [-0.2, -0.15) is 0 Å². The third kappa shape index (κ3) is 1.27. The average molecular weight is 179 g/mol. The number of allylic oxidation sites excluding steroid dienone is 1. The molecule has 0 aromatic heterocycles. The second-order valence-electron chi connectivity index (χ2n) is 3.07. The molecule has 1 aliphatic rings. The lowest BCUT2D eigenvalue weighted by Gasteiger charge is -2.07. The van der Waals surface area contributed by atoms with E-state index in [0.717, 1.165) is 12.3 Å². The molecule has 1 unspecified atom stereocenters. The van der Waals surface area contributed by atoms with Crippen LogP contribution in [0.4, 0.5) is 0 Å². The monoisotopic (exact) mass is 178 g/mol. The molecular weight excluding hydrogens is 168 g/mol. The maximum absolute atomic E-state index is 5.71. The highest BCUT2D eigenvalue weighted by molar-refractivity contribution is 6.17. The second kappa shape index (κ2) is 3.32. The average Bonchev–Trinajstić information content (AvgIpc) is 2.50. The molecule has 1 heteroatoms. The molecule has 0 amide bonds. The van der Waals surface area contributed by atoms with Gasteiger partial charge in [-0.1, -0.05) is 36.4 Å². The molecule has 0 radical (unpaired) electrons. The first-order valence-electron chi connectivity index (χ1n) is 4.25. The Morgan fingerprint density at radius 3 is 2.92 bits per heavy atom. The molecule has 1 aromatic carbocycles. The highest BCUT2D eigenvalue weighted by Crippen LogP contribution is 2.32. The van der Waals surface area contributed by atoms with Gasteiger partial charge in [0.05, 0.1) is 0 Å². The van der Waals surface area contributed by atoms with E-state index in [1.165, 1.54) is 11.1 Å². The molecule has 2 rings (SSSR count). The molecule has 0 spiro atoms. The van der Waals surface area contributed by atoms with E-state index in [9.17, 15) is 0 Å². The Balaban J connectivity index is 2.30. The van der Waals surface area contributed by atoms with E-state index in [1.54, 1.807) is 0 Å². The molecule has 0 fully saturated rings. The first kappa shape index (κ1) is 7.88. The van der Waals surface area contributed by atoms with Gasteiger partial charge in [0.1, 0.15) is 0 Å². The number of rotatable bonds is 2. The molecule has 0 N–H and O–H groups in total. The maximum Gasteiger partial charge on any atom is 0.0232 e. The minimum atomic E-state index is 0.554. The third-order valence-corrected chi connectivity index (χ3v) is 2.54. The molecule has 1 atom stereocenters. The van der Waals surface area contributed by atoms with Gasteiger partial charge in [-0.3, -0.25) is 0 Å². The summed E-state index contributed by atoms with van der Waals surface area (Å²) in [7, 11) is 0. The van der Waals surface area contributed by atoms with Crippen LogP contribution in [0.25, 0.3) is 6.08 Å². The summed E-state index contributed by atoms with van der Waals surface area (Å²) >= 11 is 5.71. The minimum absolute atomic E-state index is 0.554. The highest BCUT2D eigenvalue weighted by Gasteiger charge is 2.14. The van der Waals surface area contributed by atoms with Crippen molar-refractivity contribution in [2.45, 2.75) is 12.3 Å². The van der Waals surface area contributed by atoms with Crippen molar-refractivity contribution < 1.29 is 0 Å². The van der Waals surface area contributed by atoms with E-state index in [2.05, 4.69) is 36.4 Å². The van der Waals surface area contributed by atoms with E-state index in [0.29, 0.717) is 5.92 Å². The SMILES string of the molecule is ClCCC1C=Cc2ccccc21. The Kier molecular flexibility index (Phi) is 2.18. The standard InChI is InChI=1S/C11H11Cl/c12-8-7-10-6-5-9-3-1-2-4-11(9)10/h1-6,10H,7-8H2. The predicted octanol–water partition coefficient (Wildman–Crippen LogP) is 3.43. The van der Waals surface area contributed by atoms with Crippen LogP contribution in [-0.2, 0) is 0 Å². The fraction of sp³-hybridized carbons (Fsp3) is 0.273. The van der Waals surface area contributed by atoms with Crippen molar-refractivity contribution in [1.29, 1.82) is 0 Å². The maximum atomic E-state index is 5.71. The summed E-state index contributed by atoms with van der Waals surface area (Å²) < 4.78 is 0. The summed E-state index contributed by atoms with van der Waals surface area (Å²) in [5.74, 6) is 1.29. The van der Waals surface area contributed by atoms with Gasteiger partial charge in [-0.05, 0) is 17.5 Å². The molecule has 0 aliphatic heterocycles. The Morgan fingerprint density at radius 1 is 1.25 bits per heavy atom. The van der Waals surface area contributed by atoms with Crippen LogP contribution in [0.15, 0.2) is 30.3 Å². The lowest BCUT2D eigenvalue weighted by atomic mass is 9.99. The Bertz CT molecular complexity index is 302. The zero-order valence-corrected chi connectivity index (χ0v) is 7.59. The van der Waals surface area contributed by atoms with Gasteiger partial charge in [-0.15, -0.1) is 11.6 Å². The largest absolute Gasteiger partial charge is 0.127 e. The van der Waals surface area contributed by atoms with Crippen LogP contribution < -0.4 is 0 Å². The van der Waals surface area contributed by atoms with E-state index >= 15 is 0 Å². The van der Waals surface area contributed by atoms with E-state index in [4.69, 9.17) is 11.6 Å². The van der Waals surface area contributed by atoms with Gasteiger partial charge in [0.25, 0.3) is 0 Å². The van der Waals surface area contributed by atoms with Crippen LogP contribution in [0.1, 0.15) is 23.5 Å². The van der Waals surface area contributed by atoms with Crippen LogP contribution >= 0.6 is 11.6 Å². The molecular formula is C11H11Cl. The molecule has 12 heavy (non-hydrogen) atoms. The van der Waals surface area contributed by atoms with Crippen molar-refractivity contribution >= 4 is 17.7 Å². The normalized spacial score (nSPS) is 19.6. The number of alkyl halides is 1. The van der Waals surface area contributed by atoms with Crippen molar-refractivity contribution in [3.63, 3.8) is 0 Å². The number of hydrogen-bond acceptors (Lipinski definition) is 0. The van der Waals surface area contributed by atoms with Crippen LogP contribution in [0.5, 0.6) is 0 Å². The van der Waals surface area contributed by atoms with Gasteiger partial charge in [0.2, 0.25) is 0 Å². The first-order chi connectivity index (χ1) is 5.92. The summed E-state index contributed by atoms with van der Waals surface area (Å²) in [6, 6.07) is 8.51. The van der Waals surface area contributed by atoms with Crippen LogP contribution in [0, 0.1) is 0 Å². The van der Waals surface area contributed by atoms with Crippen molar-refractivity contribution in [3.05, 3.63) is 41.5 Å². The predicted molar refractivity (Wildman–Crippen MR) is 53.6 cm³/mol. The van der Waals surface area contributed by atoms with Crippen LogP contribution in [0.2, 0.25) is 0 Å². The van der Waals surface area contributed by atoms with Crippen molar-refractivity contribution in [2.75, 3.05) is 5.88 Å². The Hall–Kier alpha value is -0.750. The van der Waals surface area contributed by atoms with Crippen LogP contribution in [0.3, 0.4) is 0 Å². The molecule has 0 heterocycles. The van der Waals surface area contributed by atoms with Crippen molar-refractivity contribution in [3.8, 4) is 0 Å². The lowest BCUT2D eigenvalue weighted by Crippen LogP contribution is -1.93. The van der Waals surface area contributed by atoms with E-state index in [-0.39, 0.29) is 0 Å². The van der Waals surface area contributed by atoms with Gasteiger partial charge >= 0.3 is 0 Å². The molecule has 0 saturated carbocycles. The van der Waals surface area contributed by atoms with Crippen molar-refractivity contribution in [1.82, 2.24) is 0 Å². The number of fused-ring (bicyclic) bond motifs is 1. The zero-order chi connectivity index (χ0) is 8.39. The summed E-state index contributed by atoms with van der Waals surface area (Å²) in [5, 5.41) is 0. The first-order valence-corrected chi connectivity index (χ1v) is 4.78. The molecule has 1 aromatic rings.